The molecule has 2 amide bonds. The molecule has 1 atom stereocenters. The van der Waals surface area contributed by atoms with Gasteiger partial charge in [-0.05, 0) is 18.2 Å². The Hall–Kier alpha value is -3.00. The Morgan fingerprint density at radius 3 is 2.41 bits per heavy atom. The summed E-state index contributed by atoms with van der Waals surface area (Å²) >= 11 is 0. The number of para-hydroxylation sites is 2. The summed E-state index contributed by atoms with van der Waals surface area (Å²) in [5.74, 6) is 0.838. The van der Waals surface area contributed by atoms with Gasteiger partial charge in [0.25, 0.3) is 5.91 Å². The highest BCUT2D eigenvalue weighted by Gasteiger charge is 2.44. The molecule has 140 valence electrons. The molecule has 2 aromatic rings. The van der Waals surface area contributed by atoms with Crippen LogP contribution < -0.4 is 14.5 Å². The number of carbonyl (C=O) groups is 2. The summed E-state index contributed by atoms with van der Waals surface area (Å²) in [4.78, 5) is 39.6. The van der Waals surface area contributed by atoms with Crippen LogP contribution in [0.1, 0.15) is 6.42 Å². The minimum Gasteiger partial charge on any atom is -0.495 e. The average Bonchev–Trinajstić information content (AvgIpc) is 3.02. The molecule has 0 radical (unpaired) electrons. The van der Waals surface area contributed by atoms with Crippen molar-refractivity contribution >= 4 is 23.5 Å². The molecule has 2 saturated heterocycles. The maximum Gasteiger partial charge on any atom is 0.251 e. The van der Waals surface area contributed by atoms with Crippen LogP contribution in [-0.4, -0.2) is 66.0 Å². The van der Waals surface area contributed by atoms with E-state index in [0.717, 1.165) is 13.1 Å². The molecule has 0 N–H and O–H groups in total. The minimum absolute atomic E-state index is 0.186. The highest BCUT2D eigenvalue weighted by atomic mass is 16.5. The SMILES string of the molecule is COc1ccccc1N1C(=O)C[C@H](N2CCN(c3ncccn3)CC2)C1=O. The van der Waals surface area contributed by atoms with E-state index < -0.39 is 6.04 Å². The predicted octanol–water partition coefficient (Wildman–Crippen LogP) is 0.939. The van der Waals surface area contributed by atoms with Crippen LogP contribution in [-0.2, 0) is 9.59 Å². The van der Waals surface area contributed by atoms with Crippen molar-refractivity contribution in [2.75, 3.05) is 43.1 Å². The molecule has 8 nitrogen and oxygen atoms in total. The van der Waals surface area contributed by atoms with Gasteiger partial charge in [-0.2, -0.15) is 0 Å². The van der Waals surface area contributed by atoms with E-state index in [4.69, 9.17) is 4.74 Å². The third-order valence-electron chi connectivity index (χ3n) is 5.04. The normalized spacial score (nSPS) is 21.0. The van der Waals surface area contributed by atoms with Crippen LogP contribution in [0.4, 0.5) is 11.6 Å². The third kappa shape index (κ3) is 3.23. The van der Waals surface area contributed by atoms with Gasteiger partial charge < -0.3 is 9.64 Å². The monoisotopic (exact) mass is 367 g/mol. The van der Waals surface area contributed by atoms with Crippen molar-refractivity contribution in [3.05, 3.63) is 42.7 Å². The predicted molar refractivity (Wildman–Crippen MR) is 99.7 cm³/mol. The lowest BCUT2D eigenvalue weighted by atomic mass is 10.2. The Morgan fingerprint density at radius 2 is 1.70 bits per heavy atom. The quantitative estimate of drug-likeness (QED) is 0.744. The molecule has 1 aromatic carbocycles. The number of hydrogen-bond donors (Lipinski definition) is 0. The van der Waals surface area contributed by atoms with Crippen molar-refractivity contribution in [1.29, 1.82) is 0 Å². The van der Waals surface area contributed by atoms with Gasteiger partial charge in [0, 0.05) is 38.6 Å². The molecular weight excluding hydrogens is 346 g/mol. The van der Waals surface area contributed by atoms with E-state index in [1.807, 2.05) is 6.07 Å². The lowest BCUT2D eigenvalue weighted by Crippen LogP contribution is -2.53. The van der Waals surface area contributed by atoms with Gasteiger partial charge in [0.2, 0.25) is 11.9 Å². The number of carbonyl (C=O) groups excluding carboxylic acids is 2. The fourth-order valence-electron chi connectivity index (χ4n) is 3.66. The van der Waals surface area contributed by atoms with E-state index >= 15 is 0 Å². The van der Waals surface area contributed by atoms with Crippen molar-refractivity contribution in [2.45, 2.75) is 12.5 Å². The van der Waals surface area contributed by atoms with Crippen LogP contribution >= 0.6 is 0 Å². The van der Waals surface area contributed by atoms with E-state index in [1.54, 1.807) is 36.7 Å². The Bertz CT molecular complexity index is 836. The molecule has 0 aliphatic carbocycles. The minimum atomic E-state index is -0.429. The first-order valence-corrected chi connectivity index (χ1v) is 8.95. The second kappa shape index (κ2) is 7.32. The van der Waals surface area contributed by atoms with Gasteiger partial charge in [0.05, 0.1) is 25.3 Å². The number of methoxy groups -OCH3 is 1. The van der Waals surface area contributed by atoms with Gasteiger partial charge in [0.15, 0.2) is 0 Å². The Balaban J connectivity index is 1.47. The van der Waals surface area contributed by atoms with Crippen LogP contribution in [0.3, 0.4) is 0 Å². The molecular formula is C19H21N5O3. The lowest BCUT2D eigenvalue weighted by Gasteiger charge is -2.36. The molecule has 2 fully saturated rings. The number of anilines is 2. The number of rotatable bonds is 4. The highest BCUT2D eigenvalue weighted by molar-refractivity contribution is 6.23. The lowest BCUT2D eigenvalue weighted by molar-refractivity contribution is -0.123. The van der Waals surface area contributed by atoms with Crippen molar-refractivity contribution in [1.82, 2.24) is 14.9 Å². The number of ether oxygens (including phenoxy) is 1. The fraction of sp³-hybridized carbons (Fsp3) is 0.368. The number of piperazine rings is 1. The van der Waals surface area contributed by atoms with Crippen LogP contribution in [0.5, 0.6) is 5.75 Å². The number of hydrogen-bond acceptors (Lipinski definition) is 7. The molecule has 0 unspecified atom stereocenters. The standard InChI is InChI=1S/C19H21N5O3/c1-27-16-6-3-2-5-14(16)24-17(25)13-15(18(24)26)22-9-11-23(12-10-22)19-20-7-4-8-21-19/h2-8,15H,9-13H2,1H3/t15-/m0/s1. The van der Waals surface area contributed by atoms with Crippen molar-refractivity contribution in [3.8, 4) is 5.75 Å². The van der Waals surface area contributed by atoms with Crippen LogP contribution in [0.2, 0.25) is 0 Å². The van der Waals surface area contributed by atoms with Gasteiger partial charge in [-0.1, -0.05) is 12.1 Å². The van der Waals surface area contributed by atoms with Gasteiger partial charge in [-0.3, -0.25) is 14.5 Å². The summed E-state index contributed by atoms with van der Waals surface area (Å²) in [7, 11) is 1.53. The molecule has 3 heterocycles. The second-order valence-electron chi connectivity index (χ2n) is 6.53. The van der Waals surface area contributed by atoms with Crippen LogP contribution in [0.25, 0.3) is 0 Å². The summed E-state index contributed by atoms with van der Waals surface area (Å²) in [6, 6.07) is 8.46. The molecule has 8 heteroatoms. The highest BCUT2D eigenvalue weighted by Crippen LogP contribution is 2.33. The van der Waals surface area contributed by atoms with Gasteiger partial charge in [-0.15, -0.1) is 0 Å². The molecule has 0 saturated carbocycles. The third-order valence-corrected chi connectivity index (χ3v) is 5.04. The molecule has 0 bridgehead atoms. The molecule has 0 spiro atoms. The van der Waals surface area contributed by atoms with Crippen LogP contribution in [0.15, 0.2) is 42.7 Å². The van der Waals surface area contributed by atoms with Gasteiger partial charge >= 0.3 is 0 Å². The number of aromatic nitrogens is 2. The summed E-state index contributed by atoms with van der Waals surface area (Å²) in [5, 5.41) is 0. The average molecular weight is 367 g/mol. The number of imide groups is 1. The van der Waals surface area contributed by atoms with Gasteiger partial charge in [-0.25, -0.2) is 14.9 Å². The molecule has 1 aromatic heterocycles. The summed E-state index contributed by atoms with van der Waals surface area (Å²) in [6.07, 6.45) is 3.64. The maximum absolute atomic E-state index is 13.0. The first-order valence-electron chi connectivity index (χ1n) is 8.95. The molecule has 27 heavy (non-hydrogen) atoms. The zero-order valence-electron chi connectivity index (χ0n) is 15.1. The van der Waals surface area contributed by atoms with E-state index in [0.29, 0.717) is 30.5 Å². The first kappa shape index (κ1) is 17.4. The smallest absolute Gasteiger partial charge is 0.251 e. The molecule has 4 rings (SSSR count). The Morgan fingerprint density at radius 1 is 1.00 bits per heavy atom. The molecule has 2 aliphatic heterocycles. The summed E-state index contributed by atoms with van der Waals surface area (Å²) in [5.41, 5.74) is 0.508. The maximum atomic E-state index is 13.0. The van der Waals surface area contributed by atoms with E-state index in [2.05, 4.69) is 19.8 Å². The summed E-state index contributed by atoms with van der Waals surface area (Å²) < 4.78 is 5.32. The zero-order chi connectivity index (χ0) is 18.8. The van der Waals surface area contributed by atoms with E-state index in [9.17, 15) is 9.59 Å². The van der Waals surface area contributed by atoms with Gasteiger partial charge in [0.1, 0.15) is 5.75 Å². The van der Waals surface area contributed by atoms with Crippen molar-refractivity contribution in [2.24, 2.45) is 0 Å². The van der Waals surface area contributed by atoms with Crippen molar-refractivity contribution in [3.63, 3.8) is 0 Å². The van der Waals surface area contributed by atoms with E-state index in [-0.39, 0.29) is 18.2 Å². The van der Waals surface area contributed by atoms with Crippen LogP contribution in [0, 0.1) is 0 Å². The topological polar surface area (TPSA) is 78.9 Å². The number of amides is 2. The molecule has 2 aliphatic rings. The number of nitrogens with zero attached hydrogens (tertiary/aromatic N) is 5. The summed E-state index contributed by atoms with van der Waals surface area (Å²) in [6.45, 7) is 2.80. The number of benzene rings is 1. The second-order valence-corrected chi connectivity index (χ2v) is 6.53. The Labute approximate surface area is 157 Å². The Kier molecular flexibility index (Phi) is 4.72. The zero-order valence-corrected chi connectivity index (χ0v) is 15.1. The van der Waals surface area contributed by atoms with E-state index in [1.165, 1.54) is 12.0 Å². The van der Waals surface area contributed by atoms with Crippen molar-refractivity contribution < 1.29 is 14.3 Å². The largest absolute Gasteiger partial charge is 0.495 e. The first-order chi connectivity index (χ1) is 13.2. The fourth-order valence-corrected chi connectivity index (χ4v) is 3.66.